The highest BCUT2D eigenvalue weighted by Gasteiger charge is 2.18. The van der Waals surface area contributed by atoms with Gasteiger partial charge in [0.2, 0.25) is 0 Å². The van der Waals surface area contributed by atoms with E-state index in [0.29, 0.717) is 24.7 Å². The molecule has 7 nitrogen and oxygen atoms in total. The first-order chi connectivity index (χ1) is 17.1. The third-order valence-electron chi connectivity index (χ3n) is 5.80. The maximum atomic E-state index is 11.4. The summed E-state index contributed by atoms with van der Waals surface area (Å²) in [5.74, 6) is 0.411. The zero-order chi connectivity index (χ0) is 24.6. The third-order valence-corrected chi connectivity index (χ3v) is 5.80. The molecule has 0 unspecified atom stereocenters. The molecule has 0 fully saturated rings. The lowest BCUT2D eigenvalue weighted by atomic mass is 10.1. The normalized spacial score (nSPS) is 11.8. The number of aryl methyl sites for hydroxylation is 1. The molecule has 182 valence electrons. The number of fused-ring (bicyclic) bond motifs is 1. The molecule has 0 amide bonds. The molecular weight excluding hydrogens is 444 g/mol. The van der Waals surface area contributed by atoms with Crippen LogP contribution in [0.25, 0.3) is 11.1 Å². The summed E-state index contributed by atoms with van der Waals surface area (Å²) < 4.78 is 17.0. The number of rotatable bonds is 12. The van der Waals surface area contributed by atoms with Crippen LogP contribution in [0.4, 0.5) is 6.01 Å². The Bertz CT molecular complexity index is 1220. The molecule has 35 heavy (non-hydrogen) atoms. The van der Waals surface area contributed by atoms with Crippen LogP contribution in [0.1, 0.15) is 30.9 Å². The van der Waals surface area contributed by atoms with Gasteiger partial charge in [-0.25, -0.2) is 4.79 Å². The molecule has 1 N–H and O–H groups in total. The topological polar surface area (TPSA) is 85.0 Å². The number of oxazole rings is 1. The second-order valence-electron chi connectivity index (χ2n) is 8.34. The molecule has 1 aromatic heterocycles. The summed E-state index contributed by atoms with van der Waals surface area (Å²) in [6.07, 6.45) is 1.32. The Kier molecular flexibility index (Phi) is 7.88. The molecule has 0 bridgehead atoms. The Morgan fingerprint density at radius 2 is 1.83 bits per heavy atom. The second-order valence-corrected chi connectivity index (χ2v) is 8.34. The Morgan fingerprint density at radius 1 is 1.03 bits per heavy atom. The van der Waals surface area contributed by atoms with Crippen molar-refractivity contribution in [2.24, 2.45) is 0 Å². The van der Waals surface area contributed by atoms with Gasteiger partial charge in [-0.15, -0.1) is 0 Å². The fourth-order valence-electron chi connectivity index (χ4n) is 3.91. The minimum atomic E-state index is -0.968. The van der Waals surface area contributed by atoms with E-state index in [0.717, 1.165) is 41.8 Å². The number of nitrogens with zero attached hydrogens (tertiary/aromatic N) is 2. The van der Waals surface area contributed by atoms with Gasteiger partial charge in [0.05, 0.1) is 7.11 Å². The standard InChI is InChI=1S/C28H30N2O5/c1-3-25(27(31)32)34-23-10-6-8-21(18-23)19-30(28-29-24-11-4-5-12-26(24)35-28)17-7-9-20-13-15-22(33-2)16-14-20/h4-6,8,10-16,18,25H,3,7,9,17,19H2,1-2H3,(H,31,32)/t25-/m1/s1. The van der Waals surface area contributed by atoms with E-state index in [4.69, 9.17) is 18.9 Å². The average Bonchev–Trinajstić information content (AvgIpc) is 3.31. The van der Waals surface area contributed by atoms with Crippen molar-refractivity contribution < 1.29 is 23.8 Å². The summed E-state index contributed by atoms with van der Waals surface area (Å²) in [6.45, 7) is 3.08. The number of hydrogen-bond donors (Lipinski definition) is 1. The predicted octanol–water partition coefficient (Wildman–Crippen LogP) is 5.72. The zero-order valence-corrected chi connectivity index (χ0v) is 20.0. The van der Waals surface area contributed by atoms with E-state index in [-0.39, 0.29) is 0 Å². The van der Waals surface area contributed by atoms with Crippen LogP contribution in [0, 0.1) is 0 Å². The van der Waals surface area contributed by atoms with E-state index in [2.05, 4.69) is 17.0 Å². The number of carboxylic acid groups (broad SMARTS) is 1. The van der Waals surface area contributed by atoms with Crippen molar-refractivity contribution in [2.75, 3.05) is 18.6 Å². The molecule has 4 aromatic rings. The van der Waals surface area contributed by atoms with Gasteiger partial charge in [-0.3, -0.25) is 0 Å². The summed E-state index contributed by atoms with van der Waals surface area (Å²) in [6, 6.07) is 23.9. The van der Waals surface area contributed by atoms with Crippen LogP contribution in [-0.2, 0) is 17.8 Å². The Labute approximate surface area is 204 Å². The first-order valence-corrected chi connectivity index (χ1v) is 11.8. The van der Waals surface area contributed by atoms with Crippen LogP contribution in [0.5, 0.6) is 11.5 Å². The van der Waals surface area contributed by atoms with Crippen LogP contribution in [-0.4, -0.2) is 35.8 Å². The SMILES string of the molecule is CC[C@@H](Oc1cccc(CN(CCCc2ccc(OC)cc2)c2nc3ccccc3o2)c1)C(=O)O. The van der Waals surface area contributed by atoms with Gasteiger partial charge in [-0.1, -0.05) is 43.3 Å². The number of ether oxygens (including phenoxy) is 2. The van der Waals surface area contributed by atoms with E-state index < -0.39 is 12.1 Å². The van der Waals surface area contributed by atoms with Crippen molar-refractivity contribution in [3.63, 3.8) is 0 Å². The van der Waals surface area contributed by atoms with Crippen molar-refractivity contribution in [1.29, 1.82) is 0 Å². The molecule has 0 saturated heterocycles. The quantitative estimate of drug-likeness (QED) is 0.281. The number of carbonyl (C=O) groups is 1. The maximum Gasteiger partial charge on any atom is 0.344 e. The van der Waals surface area contributed by atoms with Crippen LogP contribution in [0.15, 0.2) is 77.2 Å². The second kappa shape index (κ2) is 11.4. The van der Waals surface area contributed by atoms with Gasteiger partial charge < -0.3 is 23.9 Å². The van der Waals surface area contributed by atoms with Crippen molar-refractivity contribution in [3.05, 3.63) is 83.9 Å². The molecule has 7 heteroatoms. The number of carboxylic acids is 1. The third kappa shape index (κ3) is 6.32. The lowest BCUT2D eigenvalue weighted by Gasteiger charge is -2.21. The molecule has 1 heterocycles. The molecule has 0 aliphatic heterocycles. The minimum Gasteiger partial charge on any atom is -0.497 e. The van der Waals surface area contributed by atoms with Gasteiger partial charge in [0.25, 0.3) is 6.01 Å². The number of aliphatic carboxylic acids is 1. The van der Waals surface area contributed by atoms with Gasteiger partial charge >= 0.3 is 5.97 Å². The molecule has 0 radical (unpaired) electrons. The van der Waals surface area contributed by atoms with Crippen molar-refractivity contribution in [1.82, 2.24) is 4.98 Å². The zero-order valence-electron chi connectivity index (χ0n) is 20.0. The van der Waals surface area contributed by atoms with Crippen LogP contribution in [0.2, 0.25) is 0 Å². The Morgan fingerprint density at radius 3 is 2.54 bits per heavy atom. The highest BCUT2D eigenvalue weighted by atomic mass is 16.5. The molecule has 3 aromatic carbocycles. The Balaban J connectivity index is 1.51. The summed E-state index contributed by atoms with van der Waals surface area (Å²) >= 11 is 0. The number of hydrogen-bond acceptors (Lipinski definition) is 6. The van der Waals surface area contributed by atoms with Gasteiger partial charge in [-0.2, -0.15) is 4.98 Å². The Hall–Kier alpha value is -4.00. The van der Waals surface area contributed by atoms with Gasteiger partial charge in [0.1, 0.15) is 17.0 Å². The molecule has 4 rings (SSSR count). The molecule has 0 spiro atoms. The fourth-order valence-corrected chi connectivity index (χ4v) is 3.91. The molecule has 0 aliphatic rings. The van der Waals surface area contributed by atoms with Gasteiger partial charge in [0.15, 0.2) is 11.7 Å². The van der Waals surface area contributed by atoms with Crippen molar-refractivity contribution in [2.45, 2.75) is 38.8 Å². The molecule has 1 atom stereocenters. The predicted molar refractivity (Wildman–Crippen MR) is 135 cm³/mol. The van der Waals surface area contributed by atoms with Crippen molar-refractivity contribution in [3.8, 4) is 11.5 Å². The average molecular weight is 475 g/mol. The smallest absolute Gasteiger partial charge is 0.344 e. The van der Waals surface area contributed by atoms with Crippen LogP contribution in [0.3, 0.4) is 0 Å². The lowest BCUT2D eigenvalue weighted by Crippen LogP contribution is -2.26. The van der Waals surface area contributed by atoms with Gasteiger partial charge in [0, 0.05) is 13.1 Å². The van der Waals surface area contributed by atoms with E-state index in [1.165, 1.54) is 5.56 Å². The molecule has 0 aliphatic carbocycles. The van der Waals surface area contributed by atoms with E-state index in [9.17, 15) is 9.90 Å². The fraction of sp³-hybridized carbons (Fsp3) is 0.286. The number of para-hydroxylation sites is 2. The first kappa shape index (κ1) is 24.1. The number of anilines is 1. The van der Waals surface area contributed by atoms with E-state index in [1.807, 2.05) is 54.6 Å². The van der Waals surface area contributed by atoms with Crippen LogP contribution >= 0.6 is 0 Å². The van der Waals surface area contributed by atoms with Crippen molar-refractivity contribution >= 4 is 23.1 Å². The highest BCUT2D eigenvalue weighted by molar-refractivity contribution is 5.74. The number of benzene rings is 3. The summed E-state index contributed by atoms with van der Waals surface area (Å²) in [4.78, 5) is 18.2. The maximum absolute atomic E-state index is 11.4. The van der Waals surface area contributed by atoms with E-state index in [1.54, 1.807) is 20.1 Å². The monoisotopic (exact) mass is 474 g/mol. The van der Waals surface area contributed by atoms with Crippen LogP contribution < -0.4 is 14.4 Å². The number of aromatic nitrogens is 1. The summed E-state index contributed by atoms with van der Waals surface area (Å²) in [5, 5.41) is 9.33. The summed E-state index contributed by atoms with van der Waals surface area (Å²) in [7, 11) is 1.66. The minimum absolute atomic E-state index is 0.389. The van der Waals surface area contributed by atoms with Gasteiger partial charge in [-0.05, 0) is 66.8 Å². The molecule has 0 saturated carbocycles. The molecular formula is C28H30N2O5. The summed E-state index contributed by atoms with van der Waals surface area (Å²) in [5.41, 5.74) is 3.77. The first-order valence-electron chi connectivity index (χ1n) is 11.8. The van der Waals surface area contributed by atoms with E-state index >= 15 is 0 Å². The highest BCUT2D eigenvalue weighted by Crippen LogP contribution is 2.25. The largest absolute Gasteiger partial charge is 0.497 e. The lowest BCUT2D eigenvalue weighted by molar-refractivity contribution is -0.145. The number of methoxy groups -OCH3 is 1.